The molecule has 2 fully saturated rings. The zero-order valence-electron chi connectivity index (χ0n) is 19.0. The van der Waals surface area contributed by atoms with Crippen LogP contribution in [0.5, 0.6) is 0 Å². The quantitative estimate of drug-likeness (QED) is 0.557. The average molecular weight is 416 g/mol. The molecule has 0 aromatic carbocycles. The van der Waals surface area contributed by atoms with Gasteiger partial charge in [-0.05, 0) is 32.8 Å². The van der Waals surface area contributed by atoms with Crippen LogP contribution in [-0.2, 0) is 11.3 Å². The number of nitrogens with zero attached hydrogens (tertiary/aromatic N) is 6. The fourth-order valence-corrected chi connectivity index (χ4v) is 4.22. The van der Waals surface area contributed by atoms with Gasteiger partial charge in [0.05, 0.1) is 12.6 Å². The average Bonchev–Trinajstić information content (AvgIpc) is 3.31. The van der Waals surface area contributed by atoms with E-state index in [2.05, 4.69) is 40.0 Å². The monoisotopic (exact) mass is 415 g/mol. The molecule has 0 spiro atoms. The molecule has 2 aliphatic rings. The summed E-state index contributed by atoms with van der Waals surface area (Å²) in [6.07, 6.45) is 4.10. The molecule has 3 heterocycles. The van der Waals surface area contributed by atoms with Crippen molar-refractivity contribution in [2.45, 2.75) is 39.3 Å². The van der Waals surface area contributed by atoms with Gasteiger partial charge in [0.25, 0.3) is 0 Å². The Morgan fingerprint density at radius 3 is 2.50 bits per heavy atom. The van der Waals surface area contributed by atoms with Crippen LogP contribution in [0.3, 0.4) is 0 Å². The predicted molar refractivity (Wildman–Crippen MR) is 122 cm³/mol. The number of aromatic nitrogens is 1. The zero-order chi connectivity index (χ0) is 21.5. The molecule has 1 amide bonds. The van der Waals surface area contributed by atoms with E-state index in [4.69, 9.17) is 4.99 Å². The number of nitrogens with one attached hydrogen (secondary N) is 1. The number of likely N-dealkylation sites (tertiary alicyclic amines) is 1. The van der Waals surface area contributed by atoms with E-state index in [1.807, 2.05) is 36.2 Å². The molecular formula is C22H37N7O. The Morgan fingerprint density at radius 1 is 1.17 bits per heavy atom. The van der Waals surface area contributed by atoms with Crippen LogP contribution < -0.4 is 10.2 Å². The molecule has 1 aromatic heterocycles. The number of pyridine rings is 1. The highest BCUT2D eigenvalue weighted by Crippen LogP contribution is 2.17. The number of anilines is 1. The lowest BCUT2D eigenvalue weighted by Crippen LogP contribution is -2.57. The maximum atomic E-state index is 12.7. The third-order valence-electron chi connectivity index (χ3n) is 5.96. The Bertz CT molecular complexity index is 722. The minimum atomic E-state index is -0.0391. The SMILES string of the molecule is CCNC(=NCc1cccnc1N(C)C)N1CCN(C(C)C(=O)N2CCCC2)CC1. The van der Waals surface area contributed by atoms with Crippen molar-refractivity contribution in [3.63, 3.8) is 0 Å². The van der Waals surface area contributed by atoms with Crippen molar-refractivity contribution >= 4 is 17.7 Å². The van der Waals surface area contributed by atoms with Gasteiger partial charge in [-0.2, -0.15) is 0 Å². The summed E-state index contributed by atoms with van der Waals surface area (Å²) in [4.78, 5) is 30.8. The van der Waals surface area contributed by atoms with E-state index in [0.29, 0.717) is 6.54 Å². The van der Waals surface area contributed by atoms with Crippen LogP contribution in [0, 0.1) is 0 Å². The summed E-state index contributed by atoms with van der Waals surface area (Å²) < 4.78 is 0. The number of hydrogen-bond acceptors (Lipinski definition) is 5. The molecule has 1 aromatic rings. The highest BCUT2D eigenvalue weighted by atomic mass is 16.2. The lowest BCUT2D eigenvalue weighted by atomic mass is 10.2. The second-order valence-electron chi connectivity index (χ2n) is 8.28. The van der Waals surface area contributed by atoms with Gasteiger partial charge in [-0.3, -0.25) is 9.69 Å². The number of carbonyl (C=O) groups is 1. The van der Waals surface area contributed by atoms with Crippen LogP contribution in [0.1, 0.15) is 32.3 Å². The first-order chi connectivity index (χ1) is 14.5. The van der Waals surface area contributed by atoms with Crippen LogP contribution >= 0.6 is 0 Å². The van der Waals surface area contributed by atoms with Crippen LogP contribution in [-0.4, -0.2) is 97.5 Å². The Hall–Kier alpha value is -2.35. The van der Waals surface area contributed by atoms with E-state index in [9.17, 15) is 4.79 Å². The first-order valence-electron chi connectivity index (χ1n) is 11.2. The fraction of sp³-hybridized carbons (Fsp3) is 0.682. The van der Waals surface area contributed by atoms with Crippen LogP contribution in [0.2, 0.25) is 0 Å². The number of guanidine groups is 1. The first-order valence-corrected chi connectivity index (χ1v) is 11.2. The van der Waals surface area contributed by atoms with Gasteiger partial charge in [-0.15, -0.1) is 0 Å². The Labute approximate surface area is 180 Å². The molecule has 2 saturated heterocycles. The predicted octanol–water partition coefficient (Wildman–Crippen LogP) is 1.24. The molecule has 3 rings (SSSR count). The molecule has 2 aliphatic heterocycles. The molecule has 166 valence electrons. The number of rotatable bonds is 6. The lowest BCUT2D eigenvalue weighted by molar-refractivity contribution is -0.135. The molecule has 0 bridgehead atoms. The first kappa shape index (κ1) is 22.3. The second-order valence-corrected chi connectivity index (χ2v) is 8.28. The number of hydrogen-bond donors (Lipinski definition) is 1. The molecule has 8 heteroatoms. The number of amides is 1. The Balaban J connectivity index is 1.60. The van der Waals surface area contributed by atoms with Crippen molar-refractivity contribution in [3.05, 3.63) is 23.9 Å². The zero-order valence-corrected chi connectivity index (χ0v) is 19.0. The topological polar surface area (TPSA) is 67.3 Å². The summed E-state index contributed by atoms with van der Waals surface area (Å²) >= 11 is 0. The Morgan fingerprint density at radius 2 is 1.87 bits per heavy atom. The van der Waals surface area contributed by atoms with E-state index < -0.39 is 0 Å². The number of aliphatic imine (C=N–C) groups is 1. The van der Waals surface area contributed by atoms with Crippen molar-refractivity contribution in [2.24, 2.45) is 4.99 Å². The third-order valence-corrected chi connectivity index (χ3v) is 5.96. The summed E-state index contributed by atoms with van der Waals surface area (Å²) in [7, 11) is 4.01. The summed E-state index contributed by atoms with van der Waals surface area (Å²) in [6, 6.07) is 4.00. The standard InChI is InChI=1S/C22H37N7O/c1-5-23-22(25-17-19-9-8-10-24-20(19)26(3)4)29-15-13-27(14-16-29)18(2)21(30)28-11-6-7-12-28/h8-10,18H,5-7,11-17H2,1-4H3,(H,23,25). The maximum Gasteiger partial charge on any atom is 0.239 e. The minimum absolute atomic E-state index is 0.0391. The van der Waals surface area contributed by atoms with Gasteiger partial charge >= 0.3 is 0 Å². The molecule has 0 radical (unpaired) electrons. The molecule has 30 heavy (non-hydrogen) atoms. The summed E-state index contributed by atoms with van der Waals surface area (Å²) in [5.41, 5.74) is 1.11. The van der Waals surface area contributed by atoms with Gasteiger partial charge in [0.15, 0.2) is 5.96 Å². The Kier molecular flexibility index (Phi) is 7.90. The van der Waals surface area contributed by atoms with Crippen molar-refractivity contribution in [2.75, 3.05) is 64.8 Å². The van der Waals surface area contributed by atoms with Crippen LogP contribution in [0.25, 0.3) is 0 Å². The van der Waals surface area contributed by atoms with Gasteiger partial charge in [0, 0.05) is 71.7 Å². The summed E-state index contributed by atoms with van der Waals surface area (Å²) in [5, 5.41) is 3.43. The highest BCUT2D eigenvalue weighted by Gasteiger charge is 2.30. The van der Waals surface area contributed by atoms with Gasteiger partial charge in [0.2, 0.25) is 5.91 Å². The smallest absolute Gasteiger partial charge is 0.239 e. The summed E-state index contributed by atoms with van der Waals surface area (Å²) in [5.74, 6) is 2.18. The van der Waals surface area contributed by atoms with Gasteiger partial charge in [-0.25, -0.2) is 9.98 Å². The van der Waals surface area contributed by atoms with E-state index in [1.165, 1.54) is 0 Å². The van der Waals surface area contributed by atoms with E-state index >= 15 is 0 Å². The van der Waals surface area contributed by atoms with Gasteiger partial charge in [-0.1, -0.05) is 6.07 Å². The molecule has 1 atom stereocenters. The highest BCUT2D eigenvalue weighted by molar-refractivity contribution is 5.82. The van der Waals surface area contributed by atoms with Crippen molar-refractivity contribution in [3.8, 4) is 0 Å². The second kappa shape index (κ2) is 10.6. The molecule has 0 saturated carbocycles. The van der Waals surface area contributed by atoms with Crippen molar-refractivity contribution < 1.29 is 4.79 Å². The van der Waals surface area contributed by atoms with Gasteiger partial charge < -0.3 is 20.0 Å². The van der Waals surface area contributed by atoms with Gasteiger partial charge in [0.1, 0.15) is 5.82 Å². The number of carbonyl (C=O) groups excluding carboxylic acids is 1. The van der Waals surface area contributed by atoms with Crippen molar-refractivity contribution in [1.82, 2.24) is 25.0 Å². The molecule has 1 N–H and O–H groups in total. The molecule has 1 unspecified atom stereocenters. The normalized spacial score (nSPS) is 19.1. The fourth-order valence-electron chi connectivity index (χ4n) is 4.22. The van der Waals surface area contributed by atoms with Crippen molar-refractivity contribution in [1.29, 1.82) is 0 Å². The van der Waals surface area contributed by atoms with E-state index in [0.717, 1.165) is 76.0 Å². The van der Waals surface area contributed by atoms with Crippen LogP contribution in [0.15, 0.2) is 23.3 Å². The van der Waals surface area contributed by atoms with Crippen LogP contribution in [0.4, 0.5) is 5.82 Å². The van der Waals surface area contributed by atoms with E-state index in [1.54, 1.807) is 0 Å². The lowest BCUT2D eigenvalue weighted by Gasteiger charge is -2.39. The minimum Gasteiger partial charge on any atom is -0.362 e. The third kappa shape index (κ3) is 5.41. The number of piperazine rings is 1. The maximum absolute atomic E-state index is 12.7. The molecular weight excluding hydrogens is 378 g/mol. The summed E-state index contributed by atoms with van der Waals surface area (Å²) in [6.45, 7) is 10.9. The van der Waals surface area contributed by atoms with E-state index in [-0.39, 0.29) is 11.9 Å². The molecule has 0 aliphatic carbocycles. The largest absolute Gasteiger partial charge is 0.362 e. The molecule has 8 nitrogen and oxygen atoms in total.